The van der Waals surface area contributed by atoms with Crippen molar-refractivity contribution in [3.05, 3.63) is 0 Å². The Morgan fingerprint density at radius 3 is 1.00 bits per heavy atom. The molecule has 0 amide bonds. The molecule has 0 aromatic carbocycles. The van der Waals surface area contributed by atoms with Crippen molar-refractivity contribution in [3.8, 4) is 0 Å². The normalized spacial score (nSPS) is 12.0. The summed E-state index contributed by atoms with van der Waals surface area (Å²) in [5.41, 5.74) is 0. The molecular formula is C4H13N+. The lowest BCUT2D eigenvalue weighted by Crippen LogP contribution is -2.27. The summed E-state index contributed by atoms with van der Waals surface area (Å²) in [5.74, 6) is 0. The molecule has 5 heavy (non-hydrogen) atoms. The van der Waals surface area contributed by atoms with Gasteiger partial charge in [0.1, 0.15) is 0 Å². The Kier molecular flexibility index (Phi) is 0.969. The Bertz CT molecular complexity index is 23.0. The molecule has 0 aliphatic rings. The van der Waals surface area contributed by atoms with Gasteiger partial charge in [0.25, 0.3) is 0 Å². The number of hydrogen-bond acceptors (Lipinski definition) is 0. The first-order valence-corrected chi connectivity index (χ1v) is 1.79. The minimum atomic E-state index is 0. The molecule has 33 valence electrons. The standard InChI is InChI=1S/C4H12N.H/c1-5(2,3)4;/h1-4H3;/q+1;. The molecule has 0 aliphatic carbocycles. The maximum atomic E-state index is 2.12. The maximum Gasteiger partial charge on any atom is 0.0675 e. The molecule has 0 aliphatic heterocycles. The van der Waals surface area contributed by atoms with E-state index in [9.17, 15) is 0 Å². The Balaban J connectivity index is 0. The van der Waals surface area contributed by atoms with Gasteiger partial charge in [0.2, 0.25) is 0 Å². The molecule has 1 radical (unpaired) electrons. The molecule has 1 heteroatoms. The van der Waals surface area contributed by atoms with Crippen LogP contribution in [0.3, 0.4) is 0 Å². The molecule has 0 aromatic rings. The zero-order chi connectivity index (χ0) is 4.50. The molecule has 0 N–H and O–H groups in total. The summed E-state index contributed by atoms with van der Waals surface area (Å²) in [7, 11) is 8.50. The second-order valence-electron chi connectivity index (χ2n) is 2.68. The van der Waals surface area contributed by atoms with Gasteiger partial charge in [0, 0.05) is 1.43 Å². The second-order valence-corrected chi connectivity index (χ2v) is 2.68. The van der Waals surface area contributed by atoms with Crippen molar-refractivity contribution in [2.24, 2.45) is 0 Å². The van der Waals surface area contributed by atoms with Gasteiger partial charge in [-0.2, -0.15) is 0 Å². The molecule has 0 saturated carbocycles. The third-order valence-corrected chi connectivity index (χ3v) is 0. The van der Waals surface area contributed by atoms with E-state index in [0.29, 0.717) is 0 Å². The van der Waals surface area contributed by atoms with Crippen LogP contribution >= 0.6 is 0 Å². The summed E-state index contributed by atoms with van der Waals surface area (Å²) in [6.07, 6.45) is 0. The van der Waals surface area contributed by atoms with E-state index < -0.39 is 0 Å². The van der Waals surface area contributed by atoms with Crippen molar-refractivity contribution in [2.45, 2.75) is 0 Å². The summed E-state index contributed by atoms with van der Waals surface area (Å²) >= 11 is 0. The number of nitrogens with zero attached hydrogens (tertiary/aromatic N) is 1. The zero-order valence-electron chi connectivity index (χ0n) is 5.45. The van der Waals surface area contributed by atoms with Crippen LogP contribution in [0.2, 0.25) is 0 Å². The maximum absolute atomic E-state index is 2.12. The van der Waals surface area contributed by atoms with Crippen molar-refractivity contribution >= 4 is 0 Å². The molecular weight excluding hydrogens is 62.1 g/mol. The van der Waals surface area contributed by atoms with Crippen LogP contribution in [-0.4, -0.2) is 32.7 Å². The van der Waals surface area contributed by atoms with Crippen LogP contribution < -0.4 is 0 Å². The minimum Gasteiger partial charge on any atom is -0.333 e. The molecule has 0 atom stereocenters. The SMILES string of the molecule is C[N+](C)(C)C.[H]. The van der Waals surface area contributed by atoms with E-state index in [-0.39, 0.29) is 1.43 Å². The fourth-order valence-corrected chi connectivity index (χ4v) is 0. The summed E-state index contributed by atoms with van der Waals surface area (Å²) in [6, 6.07) is 0. The second kappa shape index (κ2) is 0.977. The molecule has 0 heterocycles. The van der Waals surface area contributed by atoms with Crippen LogP contribution in [0.25, 0.3) is 0 Å². The number of rotatable bonds is 0. The van der Waals surface area contributed by atoms with Gasteiger partial charge in [0.05, 0.1) is 28.2 Å². The van der Waals surface area contributed by atoms with Gasteiger partial charge in [0.15, 0.2) is 0 Å². The molecule has 0 saturated heterocycles. The first kappa shape index (κ1) is 4.96. The average molecular weight is 75.2 g/mol. The lowest BCUT2D eigenvalue weighted by Gasteiger charge is -2.14. The lowest BCUT2D eigenvalue weighted by atomic mass is 10.8. The predicted octanol–water partition coefficient (Wildman–Crippen LogP) is 0.435. The third kappa shape index (κ3) is 9510. The average Bonchev–Trinajstić information content (AvgIpc) is 0.722. The Morgan fingerprint density at radius 1 is 1.00 bits per heavy atom. The van der Waals surface area contributed by atoms with Gasteiger partial charge >= 0.3 is 0 Å². The van der Waals surface area contributed by atoms with E-state index in [2.05, 4.69) is 28.2 Å². The van der Waals surface area contributed by atoms with Crippen LogP contribution in [0.5, 0.6) is 0 Å². The highest BCUT2D eigenvalue weighted by Crippen LogP contribution is 1.73. The van der Waals surface area contributed by atoms with Crippen LogP contribution in [0.4, 0.5) is 0 Å². The van der Waals surface area contributed by atoms with Crippen LogP contribution in [-0.2, 0) is 0 Å². The van der Waals surface area contributed by atoms with Gasteiger partial charge < -0.3 is 4.48 Å². The Morgan fingerprint density at radius 2 is 1.00 bits per heavy atom. The minimum absolute atomic E-state index is 0. The summed E-state index contributed by atoms with van der Waals surface area (Å²) in [5, 5.41) is 0. The lowest BCUT2D eigenvalue weighted by molar-refractivity contribution is -0.849. The Labute approximate surface area is 35.3 Å². The van der Waals surface area contributed by atoms with Crippen molar-refractivity contribution in [2.75, 3.05) is 28.2 Å². The fraction of sp³-hybridized carbons (Fsp3) is 1.00. The van der Waals surface area contributed by atoms with Gasteiger partial charge in [-0.1, -0.05) is 0 Å². The van der Waals surface area contributed by atoms with E-state index in [1.165, 1.54) is 0 Å². The van der Waals surface area contributed by atoms with Crippen molar-refractivity contribution in [1.82, 2.24) is 0 Å². The summed E-state index contributed by atoms with van der Waals surface area (Å²) < 4.78 is 1.00. The monoisotopic (exact) mass is 75.1 g/mol. The highest BCUT2D eigenvalue weighted by Gasteiger charge is 1.88. The van der Waals surface area contributed by atoms with Gasteiger partial charge in [-0.05, 0) is 0 Å². The number of hydrogen-bond donors (Lipinski definition) is 0. The predicted molar refractivity (Wildman–Crippen MR) is 25.1 cm³/mol. The van der Waals surface area contributed by atoms with E-state index in [0.717, 1.165) is 4.48 Å². The van der Waals surface area contributed by atoms with E-state index in [1.54, 1.807) is 0 Å². The first-order chi connectivity index (χ1) is 2.00. The fourth-order valence-electron chi connectivity index (χ4n) is 0. The molecule has 0 aromatic heterocycles. The number of quaternary nitrogens is 1. The molecule has 0 bridgehead atoms. The first-order valence-electron chi connectivity index (χ1n) is 1.79. The topological polar surface area (TPSA) is 0 Å². The van der Waals surface area contributed by atoms with E-state index in [4.69, 9.17) is 0 Å². The molecule has 0 unspecified atom stereocenters. The van der Waals surface area contributed by atoms with Crippen LogP contribution in [0, 0.1) is 0 Å². The Hall–Kier alpha value is -0.0400. The van der Waals surface area contributed by atoms with Gasteiger partial charge in [-0.15, -0.1) is 0 Å². The highest BCUT2D eigenvalue weighted by molar-refractivity contribution is 3.87. The third-order valence-electron chi connectivity index (χ3n) is 0. The summed E-state index contributed by atoms with van der Waals surface area (Å²) in [4.78, 5) is 0. The smallest absolute Gasteiger partial charge is 0.0675 e. The van der Waals surface area contributed by atoms with Crippen LogP contribution in [0.1, 0.15) is 1.43 Å². The van der Waals surface area contributed by atoms with E-state index in [1.807, 2.05) is 0 Å². The molecule has 0 spiro atoms. The molecule has 0 rings (SSSR count). The van der Waals surface area contributed by atoms with Gasteiger partial charge in [-0.3, -0.25) is 0 Å². The van der Waals surface area contributed by atoms with Gasteiger partial charge in [-0.25, -0.2) is 0 Å². The largest absolute Gasteiger partial charge is 0.333 e. The van der Waals surface area contributed by atoms with E-state index >= 15 is 0 Å². The van der Waals surface area contributed by atoms with Crippen molar-refractivity contribution in [3.63, 3.8) is 0 Å². The molecule has 0 fully saturated rings. The van der Waals surface area contributed by atoms with Crippen LogP contribution in [0.15, 0.2) is 0 Å². The van der Waals surface area contributed by atoms with Crippen molar-refractivity contribution in [1.29, 1.82) is 0 Å². The highest BCUT2D eigenvalue weighted by atomic mass is 15.2. The van der Waals surface area contributed by atoms with Crippen molar-refractivity contribution < 1.29 is 5.91 Å². The quantitative estimate of drug-likeness (QED) is 0.366. The zero-order valence-corrected chi connectivity index (χ0v) is 4.45. The molecule has 1 nitrogen and oxygen atoms in total. The summed E-state index contributed by atoms with van der Waals surface area (Å²) in [6.45, 7) is 0.